The maximum Gasteiger partial charge on any atom is 0.303 e. The molecule has 0 bridgehead atoms. The molecule has 100 valence electrons. The van der Waals surface area contributed by atoms with Gasteiger partial charge in [0.05, 0.1) is 11.3 Å². The van der Waals surface area contributed by atoms with E-state index in [4.69, 9.17) is 5.11 Å². The number of imidazole rings is 1. The van der Waals surface area contributed by atoms with Crippen molar-refractivity contribution in [2.45, 2.75) is 26.3 Å². The van der Waals surface area contributed by atoms with Gasteiger partial charge in [-0.2, -0.15) is 0 Å². The number of aryl methyl sites for hydroxylation is 1. The highest BCUT2D eigenvalue weighted by Gasteiger charge is 2.11. The largest absolute Gasteiger partial charge is 0.481 e. The molecule has 19 heavy (non-hydrogen) atoms. The van der Waals surface area contributed by atoms with Gasteiger partial charge in [-0.1, -0.05) is 0 Å². The maximum atomic E-state index is 11.8. The van der Waals surface area contributed by atoms with E-state index in [1.165, 1.54) is 11.3 Å². The predicted octanol–water partition coefficient (Wildman–Crippen LogP) is 2.35. The predicted molar refractivity (Wildman–Crippen MR) is 71.6 cm³/mol. The van der Waals surface area contributed by atoms with Crippen LogP contribution in [0.15, 0.2) is 23.8 Å². The van der Waals surface area contributed by atoms with E-state index in [0.29, 0.717) is 11.4 Å². The molecule has 0 fully saturated rings. The molecule has 0 unspecified atom stereocenters. The molecule has 0 atom stereocenters. The van der Waals surface area contributed by atoms with Crippen molar-refractivity contribution in [1.29, 1.82) is 0 Å². The highest BCUT2D eigenvalue weighted by atomic mass is 32.1. The van der Waals surface area contributed by atoms with E-state index >= 15 is 0 Å². The molecule has 5 nitrogen and oxygen atoms in total. The third-order valence-corrected chi connectivity index (χ3v) is 3.79. The Hall–Kier alpha value is -1.95. The molecule has 0 saturated carbocycles. The van der Waals surface area contributed by atoms with Crippen LogP contribution in [0.4, 0.5) is 0 Å². The Kier molecular flexibility index (Phi) is 4.11. The molecule has 2 rings (SSSR count). The van der Waals surface area contributed by atoms with Crippen LogP contribution >= 0.6 is 11.3 Å². The Balaban J connectivity index is 2.01. The fraction of sp³-hybridized carbons (Fsp3) is 0.308. The third-order valence-electron chi connectivity index (χ3n) is 2.77. The highest BCUT2D eigenvalue weighted by molar-refractivity contribution is 7.12. The van der Waals surface area contributed by atoms with Crippen LogP contribution < -0.4 is 0 Å². The van der Waals surface area contributed by atoms with E-state index in [0.717, 1.165) is 11.4 Å². The number of rotatable bonds is 6. The van der Waals surface area contributed by atoms with E-state index in [1.807, 2.05) is 29.1 Å². The number of carbonyl (C=O) groups excluding carboxylic acids is 1. The number of hydrogen-bond donors (Lipinski definition) is 1. The first kappa shape index (κ1) is 13.5. The monoisotopic (exact) mass is 278 g/mol. The average Bonchev–Trinajstić information content (AvgIpc) is 2.97. The summed E-state index contributed by atoms with van der Waals surface area (Å²) in [7, 11) is 0. The molecule has 0 aliphatic carbocycles. The summed E-state index contributed by atoms with van der Waals surface area (Å²) in [4.78, 5) is 26.9. The van der Waals surface area contributed by atoms with Crippen LogP contribution in [0.5, 0.6) is 0 Å². The lowest BCUT2D eigenvalue weighted by molar-refractivity contribution is -0.136. The van der Waals surface area contributed by atoms with E-state index in [-0.39, 0.29) is 18.6 Å². The topological polar surface area (TPSA) is 72.2 Å². The Morgan fingerprint density at radius 1 is 1.42 bits per heavy atom. The van der Waals surface area contributed by atoms with Gasteiger partial charge in [-0.25, -0.2) is 4.98 Å². The zero-order valence-corrected chi connectivity index (χ0v) is 11.3. The molecule has 2 aromatic heterocycles. The van der Waals surface area contributed by atoms with Crippen molar-refractivity contribution in [2.24, 2.45) is 0 Å². The summed E-state index contributed by atoms with van der Waals surface area (Å²) in [5, 5.41) is 10.5. The van der Waals surface area contributed by atoms with Crippen molar-refractivity contribution in [2.75, 3.05) is 0 Å². The van der Waals surface area contributed by atoms with Crippen LogP contribution in [-0.4, -0.2) is 26.4 Å². The van der Waals surface area contributed by atoms with Crippen molar-refractivity contribution in [1.82, 2.24) is 9.55 Å². The number of aliphatic carboxylic acids is 1. The van der Waals surface area contributed by atoms with Gasteiger partial charge in [0.2, 0.25) is 0 Å². The van der Waals surface area contributed by atoms with Gasteiger partial charge >= 0.3 is 5.97 Å². The number of carboxylic acids is 1. The minimum absolute atomic E-state index is 0.0550. The molecule has 2 aromatic rings. The van der Waals surface area contributed by atoms with Gasteiger partial charge in [-0.15, -0.1) is 11.3 Å². The van der Waals surface area contributed by atoms with Gasteiger partial charge in [0.25, 0.3) is 0 Å². The maximum absolute atomic E-state index is 11.8. The quantitative estimate of drug-likeness (QED) is 0.823. The molecule has 0 aliphatic rings. The SMILES string of the molecule is Cc1nccn1Cc1csc(C(=O)CCC(=O)O)c1. The summed E-state index contributed by atoms with van der Waals surface area (Å²) in [6, 6.07) is 1.83. The van der Waals surface area contributed by atoms with Gasteiger partial charge in [0.1, 0.15) is 5.82 Å². The smallest absolute Gasteiger partial charge is 0.303 e. The number of Topliss-reactive ketones (excluding diaryl/α,β-unsaturated/α-hetero) is 1. The molecule has 6 heteroatoms. The molecule has 0 radical (unpaired) electrons. The fourth-order valence-electron chi connectivity index (χ4n) is 1.72. The summed E-state index contributed by atoms with van der Waals surface area (Å²) in [6.07, 6.45) is 3.56. The van der Waals surface area contributed by atoms with Crippen molar-refractivity contribution < 1.29 is 14.7 Å². The zero-order chi connectivity index (χ0) is 13.8. The molecular weight excluding hydrogens is 264 g/mol. The van der Waals surface area contributed by atoms with E-state index in [2.05, 4.69) is 4.98 Å². The number of aromatic nitrogens is 2. The second-order valence-electron chi connectivity index (χ2n) is 4.24. The second-order valence-corrected chi connectivity index (χ2v) is 5.15. The van der Waals surface area contributed by atoms with Crippen LogP contribution in [0.25, 0.3) is 0 Å². The van der Waals surface area contributed by atoms with Crippen molar-refractivity contribution in [3.63, 3.8) is 0 Å². The average molecular weight is 278 g/mol. The van der Waals surface area contributed by atoms with Crippen molar-refractivity contribution in [3.8, 4) is 0 Å². The highest BCUT2D eigenvalue weighted by Crippen LogP contribution is 2.18. The normalized spacial score (nSPS) is 10.6. The summed E-state index contributed by atoms with van der Waals surface area (Å²) in [5.41, 5.74) is 1.03. The summed E-state index contributed by atoms with van der Waals surface area (Å²) < 4.78 is 1.99. The molecule has 0 saturated heterocycles. The Labute approximate surface area is 114 Å². The Morgan fingerprint density at radius 3 is 2.84 bits per heavy atom. The van der Waals surface area contributed by atoms with Gasteiger partial charge in [-0.05, 0) is 23.9 Å². The van der Waals surface area contributed by atoms with E-state index in [1.54, 1.807) is 6.20 Å². The number of carboxylic acid groups (broad SMARTS) is 1. The van der Waals surface area contributed by atoms with Crippen LogP contribution in [0.3, 0.4) is 0 Å². The Morgan fingerprint density at radius 2 is 2.21 bits per heavy atom. The lowest BCUT2D eigenvalue weighted by Crippen LogP contribution is -2.02. The summed E-state index contributed by atoms with van der Waals surface area (Å²) in [5.74, 6) is -0.134. The molecule has 0 spiro atoms. The van der Waals surface area contributed by atoms with Gasteiger partial charge in [0.15, 0.2) is 5.78 Å². The minimum Gasteiger partial charge on any atom is -0.481 e. The fourth-order valence-corrected chi connectivity index (χ4v) is 2.59. The van der Waals surface area contributed by atoms with Crippen LogP contribution in [-0.2, 0) is 11.3 Å². The van der Waals surface area contributed by atoms with E-state index < -0.39 is 5.97 Å². The molecule has 0 amide bonds. The summed E-state index contributed by atoms with van der Waals surface area (Å²) >= 11 is 1.36. The van der Waals surface area contributed by atoms with Gasteiger partial charge < -0.3 is 9.67 Å². The summed E-state index contributed by atoms with van der Waals surface area (Å²) in [6.45, 7) is 2.60. The first-order valence-corrected chi connectivity index (χ1v) is 6.74. The first-order chi connectivity index (χ1) is 9.06. The van der Waals surface area contributed by atoms with Gasteiger partial charge in [-0.3, -0.25) is 9.59 Å². The number of thiophene rings is 1. The molecule has 0 aliphatic heterocycles. The molecular formula is C13H14N2O3S. The molecule has 0 aromatic carbocycles. The number of ketones is 1. The van der Waals surface area contributed by atoms with Crippen LogP contribution in [0.1, 0.15) is 33.9 Å². The van der Waals surface area contributed by atoms with Crippen molar-refractivity contribution >= 4 is 23.1 Å². The minimum atomic E-state index is -0.945. The zero-order valence-electron chi connectivity index (χ0n) is 10.5. The molecule has 2 heterocycles. The van der Waals surface area contributed by atoms with Crippen LogP contribution in [0.2, 0.25) is 0 Å². The number of nitrogens with zero attached hydrogens (tertiary/aromatic N) is 2. The standard InChI is InChI=1S/C13H14N2O3S/c1-9-14-4-5-15(9)7-10-6-12(19-8-10)11(16)2-3-13(17)18/h4-6,8H,2-3,7H2,1H3,(H,17,18). The second kappa shape index (κ2) is 5.79. The number of hydrogen-bond acceptors (Lipinski definition) is 4. The van der Waals surface area contributed by atoms with Crippen LogP contribution in [0, 0.1) is 6.92 Å². The lowest BCUT2D eigenvalue weighted by atomic mass is 10.2. The van der Waals surface area contributed by atoms with Crippen molar-refractivity contribution in [3.05, 3.63) is 40.1 Å². The lowest BCUT2D eigenvalue weighted by Gasteiger charge is -2.01. The van der Waals surface area contributed by atoms with Gasteiger partial charge in [0, 0.05) is 25.4 Å². The number of carbonyl (C=O) groups is 2. The molecule has 1 N–H and O–H groups in total. The van der Waals surface area contributed by atoms with E-state index in [9.17, 15) is 9.59 Å². The first-order valence-electron chi connectivity index (χ1n) is 5.86. The third kappa shape index (κ3) is 3.51. The Bertz CT molecular complexity index is 601.